The molecule has 0 aliphatic carbocycles. The summed E-state index contributed by atoms with van der Waals surface area (Å²) in [4.78, 5) is 10.8. The fourth-order valence-corrected chi connectivity index (χ4v) is 1.65. The van der Waals surface area contributed by atoms with Crippen molar-refractivity contribution in [1.29, 1.82) is 0 Å². The van der Waals surface area contributed by atoms with E-state index in [-0.39, 0.29) is 4.92 Å². The van der Waals surface area contributed by atoms with Gasteiger partial charge < -0.3 is 0 Å². The van der Waals surface area contributed by atoms with Crippen LogP contribution in [-0.4, -0.2) is 4.92 Å². The van der Waals surface area contributed by atoms with Crippen molar-refractivity contribution in [2.75, 3.05) is 0 Å². The van der Waals surface area contributed by atoms with E-state index in [0.717, 1.165) is 0 Å². The van der Waals surface area contributed by atoms with Gasteiger partial charge in [-0.15, -0.1) is 0 Å². The van der Waals surface area contributed by atoms with Gasteiger partial charge in [0.2, 0.25) is 0 Å². The fraction of sp³-hybridized carbons (Fsp3) is 0.0769. The molecule has 0 aliphatic rings. The predicted molar refractivity (Wildman–Crippen MR) is 60.6 cm³/mol. The molecular weight excluding hydrogens is 202 g/mol. The largest absolute Gasteiger partial charge is 0.264 e. The highest BCUT2D eigenvalue weighted by Gasteiger charge is 2.24. The van der Waals surface area contributed by atoms with E-state index in [1.807, 2.05) is 6.07 Å². The Morgan fingerprint density at radius 2 is 1.56 bits per heavy atom. The molecule has 3 nitrogen and oxygen atoms in total. The Morgan fingerprint density at radius 1 is 1.00 bits per heavy atom. The van der Waals surface area contributed by atoms with Crippen LogP contribution in [0, 0.1) is 16.2 Å². The third kappa shape index (κ3) is 2.08. The van der Waals surface area contributed by atoms with Crippen LogP contribution in [-0.2, 0) is 0 Å². The zero-order valence-electron chi connectivity index (χ0n) is 8.54. The van der Waals surface area contributed by atoms with E-state index in [0.29, 0.717) is 11.1 Å². The first-order valence-corrected chi connectivity index (χ1v) is 4.93. The summed E-state index contributed by atoms with van der Waals surface area (Å²) in [5.41, 5.74) is 1.37. The molecule has 1 unspecified atom stereocenters. The Morgan fingerprint density at radius 3 is 2.12 bits per heavy atom. The highest BCUT2D eigenvalue weighted by atomic mass is 16.6. The first-order chi connectivity index (χ1) is 7.79. The second-order valence-electron chi connectivity index (χ2n) is 3.43. The lowest BCUT2D eigenvalue weighted by Crippen LogP contribution is -2.11. The summed E-state index contributed by atoms with van der Waals surface area (Å²) in [6, 6.07) is 17.9. The Bertz CT molecular complexity index is 428. The maximum absolute atomic E-state index is 11.1. The molecule has 0 saturated heterocycles. The molecule has 0 bridgehead atoms. The van der Waals surface area contributed by atoms with E-state index in [9.17, 15) is 10.1 Å². The minimum absolute atomic E-state index is 0.273. The Labute approximate surface area is 93.5 Å². The van der Waals surface area contributed by atoms with Crippen molar-refractivity contribution in [2.45, 2.75) is 6.04 Å². The van der Waals surface area contributed by atoms with E-state index in [1.54, 1.807) is 48.5 Å². The van der Waals surface area contributed by atoms with Gasteiger partial charge in [0.05, 0.1) is 0 Å². The van der Waals surface area contributed by atoms with Crippen molar-refractivity contribution in [3.05, 3.63) is 81.9 Å². The van der Waals surface area contributed by atoms with Gasteiger partial charge in [-0.2, -0.15) is 0 Å². The second kappa shape index (κ2) is 4.57. The number of nitrogens with zero attached hydrogens (tertiary/aromatic N) is 1. The van der Waals surface area contributed by atoms with E-state index < -0.39 is 6.04 Å². The van der Waals surface area contributed by atoms with E-state index in [1.165, 1.54) is 0 Å². The van der Waals surface area contributed by atoms with Crippen LogP contribution in [0.5, 0.6) is 0 Å². The minimum Gasteiger partial charge on any atom is -0.264 e. The average molecular weight is 212 g/mol. The molecule has 0 N–H and O–H groups in total. The topological polar surface area (TPSA) is 43.1 Å². The van der Waals surface area contributed by atoms with Crippen molar-refractivity contribution in [3.63, 3.8) is 0 Å². The smallest absolute Gasteiger partial charge is 0.263 e. The molecule has 0 amide bonds. The molecule has 0 fully saturated rings. The highest BCUT2D eigenvalue weighted by Crippen LogP contribution is 2.24. The summed E-state index contributed by atoms with van der Waals surface area (Å²) in [6.07, 6.45) is 0. The average Bonchev–Trinajstić information content (AvgIpc) is 2.31. The molecule has 2 aromatic carbocycles. The van der Waals surface area contributed by atoms with E-state index >= 15 is 0 Å². The fourth-order valence-electron chi connectivity index (χ4n) is 1.65. The van der Waals surface area contributed by atoms with Gasteiger partial charge >= 0.3 is 0 Å². The van der Waals surface area contributed by atoms with Gasteiger partial charge in [-0.05, 0) is 6.07 Å². The lowest BCUT2D eigenvalue weighted by atomic mass is 10.00. The van der Waals surface area contributed by atoms with Gasteiger partial charge in [0.15, 0.2) is 0 Å². The van der Waals surface area contributed by atoms with Crippen molar-refractivity contribution in [1.82, 2.24) is 0 Å². The summed E-state index contributed by atoms with van der Waals surface area (Å²) in [5, 5.41) is 11.1. The maximum Gasteiger partial charge on any atom is 0.263 e. The zero-order chi connectivity index (χ0) is 11.4. The molecule has 0 heterocycles. The SMILES string of the molecule is O=[N+]([O-])C(c1cc[c]cc1)c1ccccc1. The Hall–Kier alpha value is -2.16. The van der Waals surface area contributed by atoms with Crippen LogP contribution < -0.4 is 0 Å². The second-order valence-corrected chi connectivity index (χ2v) is 3.43. The van der Waals surface area contributed by atoms with E-state index in [4.69, 9.17) is 0 Å². The molecule has 2 rings (SSSR count). The molecule has 0 spiro atoms. The summed E-state index contributed by atoms with van der Waals surface area (Å²) in [7, 11) is 0. The Balaban J connectivity index is 2.44. The Kier molecular flexibility index (Phi) is 2.96. The molecular formula is C13H10NO2. The van der Waals surface area contributed by atoms with Crippen molar-refractivity contribution in [2.24, 2.45) is 0 Å². The number of hydrogen-bond acceptors (Lipinski definition) is 2. The first-order valence-electron chi connectivity index (χ1n) is 4.93. The molecule has 0 saturated carbocycles. The first kappa shape index (κ1) is 10.4. The third-order valence-electron chi connectivity index (χ3n) is 2.39. The van der Waals surface area contributed by atoms with Crippen LogP contribution in [0.25, 0.3) is 0 Å². The highest BCUT2D eigenvalue weighted by molar-refractivity contribution is 5.29. The van der Waals surface area contributed by atoms with Crippen LogP contribution >= 0.6 is 0 Å². The number of nitro groups is 1. The van der Waals surface area contributed by atoms with Gasteiger partial charge in [0.1, 0.15) is 0 Å². The van der Waals surface area contributed by atoms with Crippen molar-refractivity contribution < 1.29 is 4.92 Å². The summed E-state index contributed by atoms with van der Waals surface area (Å²) in [5.74, 6) is 0. The molecule has 16 heavy (non-hydrogen) atoms. The number of rotatable bonds is 3. The molecule has 79 valence electrons. The van der Waals surface area contributed by atoms with Crippen LogP contribution in [0.1, 0.15) is 17.2 Å². The van der Waals surface area contributed by atoms with E-state index in [2.05, 4.69) is 6.07 Å². The van der Waals surface area contributed by atoms with Crippen molar-refractivity contribution >= 4 is 0 Å². The molecule has 2 aromatic rings. The summed E-state index contributed by atoms with van der Waals surface area (Å²) < 4.78 is 0. The number of hydrogen-bond donors (Lipinski definition) is 0. The van der Waals surface area contributed by atoms with Crippen molar-refractivity contribution in [3.8, 4) is 0 Å². The normalized spacial score (nSPS) is 10.3. The molecule has 0 aliphatic heterocycles. The molecule has 1 radical (unpaired) electrons. The molecule has 1 atom stereocenters. The van der Waals surface area contributed by atoms with Gasteiger partial charge in [0, 0.05) is 16.1 Å². The number of benzene rings is 2. The quantitative estimate of drug-likeness (QED) is 0.580. The van der Waals surface area contributed by atoms with Crippen LogP contribution in [0.4, 0.5) is 0 Å². The summed E-state index contributed by atoms with van der Waals surface area (Å²) >= 11 is 0. The summed E-state index contributed by atoms with van der Waals surface area (Å²) in [6.45, 7) is 0. The monoisotopic (exact) mass is 212 g/mol. The predicted octanol–water partition coefficient (Wildman–Crippen LogP) is 2.85. The van der Waals surface area contributed by atoms with Crippen LogP contribution in [0.3, 0.4) is 0 Å². The third-order valence-corrected chi connectivity index (χ3v) is 2.39. The van der Waals surface area contributed by atoms with Gasteiger partial charge in [0.25, 0.3) is 6.04 Å². The lowest BCUT2D eigenvalue weighted by Gasteiger charge is -2.09. The zero-order valence-corrected chi connectivity index (χ0v) is 8.54. The maximum atomic E-state index is 11.1. The van der Waals surface area contributed by atoms with Crippen LogP contribution in [0.15, 0.2) is 54.6 Å². The van der Waals surface area contributed by atoms with Gasteiger partial charge in [-0.3, -0.25) is 10.1 Å². The minimum atomic E-state index is -0.796. The lowest BCUT2D eigenvalue weighted by molar-refractivity contribution is -0.517. The van der Waals surface area contributed by atoms with Gasteiger partial charge in [-0.1, -0.05) is 54.6 Å². The van der Waals surface area contributed by atoms with Gasteiger partial charge in [-0.25, -0.2) is 0 Å². The molecule has 3 heteroatoms. The standard InChI is InChI=1S/C13H10NO2/c15-14(16)13(11-7-3-1-4-8-11)12-9-5-2-6-10-12/h1,3-10,13H. The molecule has 0 aromatic heterocycles. The van der Waals surface area contributed by atoms with Crippen LogP contribution in [0.2, 0.25) is 0 Å².